The summed E-state index contributed by atoms with van der Waals surface area (Å²) < 4.78 is 9.66. The lowest BCUT2D eigenvalue weighted by Crippen LogP contribution is -2.11. The summed E-state index contributed by atoms with van der Waals surface area (Å²) in [6, 6.07) is 8.06. The first-order valence-electron chi connectivity index (χ1n) is 7.11. The Morgan fingerprint density at radius 1 is 1.20 bits per heavy atom. The predicted molar refractivity (Wildman–Crippen MR) is 84.1 cm³/mol. The minimum Gasteiger partial charge on any atom is -0.494 e. The number of nitrogens with zero attached hydrogens (tertiary/aromatic N) is 2. The molecule has 0 aliphatic heterocycles. The molecule has 4 heteroatoms. The summed E-state index contributed by atoms with van der Waals surface area (Å²) >= 11 is 1.37. The predicted octanol–water partition coefficient (Wildman–Crippen LogP) is 4.80. The van der Waals surface area contributed by atoms with Crippen molar-refractivity contribution >= 4 is 11.5 Å². The SMILES string of the molecule is CCC(C)(C)CCCOc1ccc(-c2csnn2)cc1. The van der Waals surface area contributed by atoms with E-state index < -0.39 is 0 Å². The summed E-state index contributed by atoms with van der Waals surface area (Å²) in [6.45, 7) is 7.64. The fraction of sp³-hybridized carbons (Fsp3) is 0.500. The van der Waals surface area contributed by atoms with Crippen molar-refractivity contribution in [3.05, 3.63) is 29.6 Å². The highest BCUT2D eigenvalue weighted by atomic mass is 32.1. The monoisotopic (exact) mass is 290 g/mol. The van der Waals surface area contributed by atoms with Crippen LogP contribution >= 0.6 is 11.5 Å². The van der Waals surface area contributed by atoms with Crippen molar-refractivity contribution in [3.63, 3.8) is 0 Å². The molecule has 20 heavy (non-hydrogen) atoms. The molecule has 0 fully saturated rings. The molecule has 1 aromatic heterocycles. The van der Waals surface area contributed by atoms with Gasteiger partial charge < -0.3 is 4.74 Å². The smallest absolute Gasteiger partial charge is 0.119 e. The second-order valence-electron chi connectivity index (χ2n) is 5.78. The molecule has 108 valence electrons. The van der Waals surface area contributed by atoms with Gasteiger partial charge in [-0.3, -0.25) is 0 Å². The highest BCUT2D eigenvalue weighted by Crippen LogP contribution is 2.26. The van der Waals surface area contributed by atoms with Crippen molar-refractivity contribution in [3.8, 4) is 17.0 Å². The topological polar surface area (TPSA) is 35.0 Å². The van der Waals surface area contributed by atoms with Crippen LogP contribution in [0.15, 0.2) is 29.6 Å². The van der Waals surface area contributed by atoms with Crippen LogP contribution in [0.3, 0.4) is 0 Å². The number of aromatic nitrogens is 2. The summed E-state index contributed by atoms with van der Waals surface area (Å²) in [4.78, 5) is 0. The number of rotatable bonds is 7. The van der Waals surface area contributed by atoms with Crippen molar-refractivity contribution in [2.24, 2.45) is 5.41 Å². The first-order valence-corrected chi connectivity index (χ1v) is 7.95. The zero-order valence-electron chi connectivity index (χ0n) is 12.4. The quantitative estimate of drug-likeness (QED) is 0.687. The highest BCUT2D eigenvalue weighted by Gasteiger charge is 2.14. The number of hydrogen-bond donors (Lipinski definition) is 0. The summed E-state index contributed by atoms with van der Waals surface area (Å²) in [6.07, 6.45) is 3.51. The van der Waals surface area contributed by atoms with Crippen LogP contribution in [0.5, 0.6) is 5.75 Å². The Hall–Kier alpha value is -1.42. The van der Waals surface area contributed by atoms with Crippen LogP contribution in [0.25, 0.3) is 11.3 Å². The largest absolute Gasteiger partial charge is 0.494 e. The van der Waals surface area contributed by atoms with Crippen LogP contribution < -0.4 is 4.74 Å². The standard InChI is InChI=1S/C16H22N2OS/c1-4-16(2,3)10-5-11-19-14-8-6-13(7-9-14)15-12-20-18-17-15/h6-9,12H,4-5,10-11H2,1-3H3. The molecule has 3 nitrogen and oxygen atoms in total. The van der Waals surface area contributed by atoms with Crippen molar-refractivity contribution in [1.29, 1.82) is 0 Å². The van der Waals surface area contributed by atoms with E-state index in [1.54, 1.807) is 0 Å². The van der Waals surface area contributed by atoms with Gasteiger partial charge in [0.25, 0.3) is 0 Å². The van der Waals surface area contributed by atoms with E-state index in [1.807, 2.05) is 29.6 Å². The van der Waals surface area contributed by atoms with Gasteiger partial charge in [-0.15, -0.1) is 5.10 Å². The summed E-state index contributed by atoms with van der Waals surface area (Å²) in [5.41, 5.74) is 2.43. The molecule has 0 amide bonds. The molecule has 1 aromatic carbocycles. The molecular formula is C16H22N2OS. The van der Waals surface area contributed by atoms with Gasteiger partial charge in [-0.2, -0.15) is 0 Å². The van der Waals surface area contributed by atoms with Gasteiger partial charge in [-0.25, -0.2) is 0 Å². The van der Waals surface area contributed by atoms with Gasteiger partial charge in [0, 0.05) is 10.9 Å². The lowest BCUT2D eigenvalue weighted by molar-refractivity contribution is 0.251. The molecule has 0 aliphatic carbocycles. The summed E-state index contributed by atoms with van der Waals surface area (Å²) in [7, 11) is 0. The molecule has 2 rings (SSSR count). The van der Waals surface area contributed by atoms with Gasteiger partial charge in [0.2, 0.25) is 0 Å². The Labute approximate surface area is 125 Å². The molecule has 0 N–H and O–H groups in total. The van der Waals surface area contributed by atoms with Crippen molar-refractivity contribution < 1.29 is 4.74 Å². The minimum atomic E-state index is 0.421. The third-order valence-corrected chi connectivity index (χ3v) is 4.24. The first kappa shape index (κ1) is 15.0. The van der Waals surface area contributed by atoms with E-state index >= 15 is 0 Å². The van der Waals surface area contributed by atoms with Crippen LogP contribution in [-0.2, 0) is 0 Å². The van der Waals surface area contributed by atoms with Gasteiger partial charge in [0.05, 0.1) is 6.61 Å². The van der Waals surface area contributed by atoms with E-state index in [2.05, 4.69) is 30.4 Å². The lowest BCUT2D eigenvalue weighted by Gasteiger charge is -2.22. The average Bonchev–Trinajstić information content (AvgIpc) is 2.98. The fourth-order valence-electron chi connectivity index (χ4n) is 1.93. The van der Waals surface area contributed by atoms with Crippen LogP contribution in [0.4, 0.5) is 0 Å². The number of hydrogen-bond acceptors (Lipinski definition) is 4. The van der Waals surface area contributed by atoms with E-state index in [1.165, 1.54) is 24.4 Å². The summed E-state index contributed by atoms with van der Waals surface area (Å²) in [5.74, 6) is 0.922. The van der Waals surface area contributed by atoms with E-state index in [9.17, 15) is 0 Å². The molecule has 0 bridgehead atoms. The Bertz CT molecular complexity index is 506. The number of benzene rings is 1. The van der Waals surface area contributed by atoms with Crippen molar-refractivity contribution in [2.75, 3.05) is 6.61 Å². The van der Waals surface area contributed by atoms with Crippen LogP contribution in [0.2, 0.25) is 0 Å². The first-order chi connectivity index (χ1) is 9.61. The van der Waals surface area contributed by atoms with Gasteiger partial charge in [-0.1, -0.05) is 31.7 Å². The van der Waals surface area contributed by atoms with E-state index in [4.69, 9.17) is 4.74 Å². The zero-order valence-corrected chi connectivity index (χ0v) is 13.2. The molecule has 0 spiro atoms. The Kier molecular flexibility index (Phi) is 5.12. The number of ether oxygens (including phenoxy) is 1. The van der Waals surface area contributed by atoms with Gasteiger partial charge in [0.1, 0.15) is 11.4 Å². The van der Waals surface area contributed by atoms with Crippen LogP contribution in [0, 0.1) is 5.41 Å². The maximum Gasteiger partial charge on any atom is 0.119 e. The van der Waals surface area contributed by atoms with E-state index in [0.717, 1.165) is 30.0 Å². The molecule has 2 aromatic rings. The Morgan fingerprint density at radius 3 is 2.55 bits per heavy atom. The lowest BCUT2D eigenvalue weighted by atomic mass is 9.85. The summed E-state index contributed by atoms with van der Waals surface area (Å²) in [5, 5.41) is 6.00. The molecule has 0 atom stereocenters. The van der Waals surface area contributed by atoms with Crippen LogP contribution in [-0.4, -0.2) is 16.2 Å². The minimum absolute atomic E-state index is 0.421. The molecule has 1 heterocycles. The fourth-order valence-corrected chi connectivity index (χ4v) is 2.40. The average molecular weight is 290 g/mol. The highest BCUT2D eigenvalue weighted by molar-refractivity contribution is 7.03. The molecule has 0 radical (unpaired) electrons. The van der Waals surface area contributed by atoms with Crippen molar-refractivity contribution in [2.45, 2.75) is 40.0 Å². The van der Waals surface area contributed by atoms with Gasteiger partial charge in [0.15, 0.2) is 0 Å². The zero-order chi connectivity index (χ0) is 14.4. The van der Waals surface area contributed by atoms with Gasteiger partial charge in [-0.05, 0) is 54.1 Å². The molecule has 0 aliphatic rings. The second kappa shape index (κ2) is 6.84. The maximum absolute atomic E-state index is 5.78. The van der Waals surface area contributed by atoms with Crippen LogP contribution in [0.1, 0.15) is 40.0 Å². The third kappa shape index (κ3) is 4.30. The van der Waals surface area contributed by atoms with E-state index in [0.29, 0.717) is 5.41 Å². The third-order valence-electron chi connectivity index (χ3n) is 3.73. The Morgan fingerprint density at radius 2 is 1.95 bits per heavy atom. The normalized spacial score (nSPS) is 11.6. The van der Waals surface area contributed by atoms with E-state index in [-0.39, 0.29) is 0 Å². The van der Waals surface area contributed by atoms with Gasteiger partial charge >= 0.3 is 0 Å². The molecule has 0 saturated carbocycles. The second-order valence-corrected chi connectivity index (χ2v) is 6.39. The van der Waals surface area contributed by atoms with Crippen molar-refractivity contribution in [1.82, 2.24) is 9.59 Å². The molecule has 0 saturated heterocycles. The maximum atomic E-state index is 5.78. The molecular weight excluding hydrogens is 268 g/mol. The molecule has 0 unspecified atom stereocenters. The Balaban J connectivity index is 1.80.